The molecule has 446 valence electrons. The van der Waals surface area contributed by atoms with Gasteiger partial charge in [0.05, 0.1) is 38.1 Å². The minimum Gasteiger partial charge on any atom is -0.379 e. The van der Waals surface area contributed by atoms with Crippen LogP contribution in [0.2, 0.25) is 0 Å². The van der Waals surface area contributed by atoms with Crippen molar-refractivity contribution in [2.75, 3.05) is 236 Å². The quantitative estimate of drug-likeness (QED) is 0.137. The van der Waals surface area contributed by atoms with E-state index in [9.17, 15) is 0 Å². The van der Waals surface area contributed by atoms with Crippen LogP contribution in [0.3, 0.4) is 0 Å². The molecule has 12 heterocycles. The summed E-state index contributed by atoms with van der Waals surface area (Å²) in [6.45, 7) is 54.8. The second-order valence-electron chi connectivity index (χ2n) is 22.8. The molecule has 1 unspecified atom stereocenters. The third-order valence-electron chi connectivity index (χ3n) is 15.3. The fraction of sp³-hybridized carbons (Fsp3) is 1.00. The van der Waals surface area contributed by atoms with E-state index >= 15 is 0 Å². The Kier molecular flexibility index (Phi) is 41.0. The molecule has 20 nitrogen and oxygen atoms in total. The Balaban J connectivity index is 0.000000220. The summed E-state index contributed by atoms with van der Waals surface area (Å²) in [7, 11) is 2.15. The smallest absolute Gasteiger partial charge is 0.0675 e. The highest BCUT2D eigenvalue weighted by atomic mass is 16.5. The van der Waals surface area contributed by atoms with E-state index in [0.29, 0.717) is 36.4 Å². The zero-order chi connectivity index (χ0) is 53.9. The minimum absolute atomic E-state index is 0.402. The Hall–Kier alpha value is -0.800. The van der Waals surface area contributed by atoms with E-state index in [1.54, 1.807) is 0 Å². The molecule has 12 fully saturated rings. The first-order valence-electron chi connectivity index (χ1n) is 30.5. The van der Waals surface area contributed by atoms with Crippen molar-refractivity contribution in [1.29, 1.82) is 0 Å². The van der Waals surface area contributed by atoms with Crippen molar-refractivity contribution in [2.45, 2.75) is 111 Å². The van der Waals surface area contributed by atoms with E-state index in [-0.39, 0.29) is 0 Å². The molecule has 0 saturated carbocycles. The number of piperidine rings is 2. The molecule has 12 saturated heterocycles. The van der Waals surface area contributed by atoms with Crippen LogP contribution < -0.4 is 79.8 Å². The predicted molar refractivity (Wildman–Crippen MR) is 316 cm³/mol. The lowest BCUT2D eigenvalue weighted by Gasteiger charge is -2.45. The van der Waals surface area contributed by atoms with Gasteiger partial charge in [0.1, 0.15) is 0 Å². The first-order chi connectivity index (χ1) is 36.5. The molecule has 0 aromatic carbocycles. The van der Waals surface area contributed by atoms with E-state index in [2.05, 4.69) is 145 Å². The van der Waals surface area contributed by atoms with Crippen molar-refractivity contribution in [3.05, 3.63) is 0 Å². The van der Waals surface area contributed by atoms with E-state index in [1.807, 2.05) is 0 Å². The van der Waals surface area contributed by atoms with Crippen molar-refractivity contribution >= 4 is 0 Å². The molecule has 12 rings (SSSR count). The number of nitrogens with one attached hydrogen (secondary N) is 15. The first-order valence-corrected chi connectivity index (χ1v) is 30.5. The largest absolute Gasteiger partial charge is 0.379 e. The van der Waals surface area contributed by atoms with Crippen LogP contribution in [-0.2, 0) is 14.2 Å². The molecular weight excluding hydrogens is 947 g/mol. The summed E-state index contributed by atoms with van der Waals surface area (Å²) >= 11 is 0. The van der Waals surface area contributed by atoms with Crippen LogP contribution in [-0.4, -0.2) is 283 Å². The minimum atomic E-state index is 0.402. The Morgan fingerprint density at radius 2 is 0.787 bits per heavy atom. The lowest BCUT2D eigenvalue weighted by molar-refractivity contribution is -0.0166. The predicted octanol–water partition coefficient (Wildman–Crippen LogP) is -1.96. The van der Waals surface area contributed by atoms with Gasteiger partial charge in [0.25, 0.3) is 0 Å². The molecule has 12 aliphatic heterocycles. The zero-order valence-electron chi connectivity index (χ0n) is 49.7. The average Bonchev–Trinajstić information content (AvgIpc) is 3.44. The van der Waals surface area contributed by atoms with Crippen LogP contribution in [0.25, 0.3) is 0 Å². The molecule has 15 N–H and O–H groups in total. The lowest BCUT2D eigenvalue weighted by Crippen LogP contribution is -2.57. The maximum Gasteiger partial charge on any atom is 0.0675 e. The van der Waals surface area contributed by atoms with Gasteiger partial charge < -0.3 is 104 Å². The second-order valence-corrected chi connectivity index (χ2v) is 22.8. The van der Waals surface area contributed by atoms with Crippen LogP contribution in [0.15, 0.2) is 0 Å². The normalized spacial score (nSPS) is 31.0. The molecular formula is C55H123N17O3. The monoisotopic (exact) mass is 1070 g/mol. The van der Waals surface area contributed by atoms with Gasteiger partial charge in [0.15, 0.2) is 0 Å². The van der Waals surface area contributed by atoms with E-state index < -0.39 is 0 Å². The number of morpholine rings is 3. The maximum atomic E-state index is 5.42. The van der Waals surface area contributed by atoms with Gasteiger partial charge in [0.2, 0.25) is 0 Å². The molecule has 0 aromatic rings. The molecule has 75 heavy (non-hydrogen) atoms. The summed E-state index contributed by atoms with van der Waals surface area (Å²) < 4.78 is 15.6. The summed E-state index contributed by atoms with van der Waals surface area (Å²) in [5.74, 6) is 0. The fourth-order valence-electron chi connectivity index (χ4n) is 10.1. The summed E-state index contributed by atoms with van der Waals surface area (Å²) in [6, 6.07) is 1.98. The van der Waals surface area contributed by atoms with Gasteiger partial charge >= 0.3 is 0 Å². The number of hydrogen-bond donors (Lipinski definition) is 15. The van der Waals surface area contributed by atoms with Gasteiger partial charge in [-0.1, -0.05) is 6.92 Å². The van der Waals surface area contributed by atoms with Gasteiger partial charge in [0, 0.05) is 195 Å². The number of nitrogens with zero attached hydrogens (tertiary/aromatic N) is 2. The molecule has 0 aliphatic carbocycles. The lowest BCUT2D eigenvalue weighted by atomic mass is 9.74. The standard InChI is InChI=1S/2C7H14N2.2C6H14N2.C6H13NO.2C5H12N2.C5H11NO.C4H10N2.C4H9NO/c2*1-3-8-4-2-7(1)5-9-6-7;1-5-3-7-4-6(2)8-5;1-2-8-5-3-7-4-6-8;1-5-3-7-4-6(2)8-5;1-7-4-2-6-3-5-7;2*1-5-4-6-2-3-7-5;1-2-6-4-3-5-1;1-3-6-4-2-5-1/h2*8-9H,1-6H2;5-8H,3-4H2,1-2H3;7H,2-6H2,1H3;5-7H,3-4H2,1-2H3;6H,2-5H2,1H3;5-7H,2-4H2,1H3;5-6H,2-4H2,1H3;5-6H,1-4H2;5H,1-4H2/t;;5-,6+;;5-,6+;;5-;;;/m......0.../s1. The highest BCUT2D eigenvalue weighted by Gasteiger charge is 2.38. The van der Waals surface area contributed by atoms with Gasteiger partial charge in [-0.3, -0.25) is 0 Å². The third kappa shape index (κ3) is 36.2. The molecule has 6 atom stereocenters. The number of ether oxygens (including phenoxy) is 3. The Bertz CT molecular complexity index is 1090. The van der Waals surface area contributed by atoms with Crippen molar-refractivity contribution in [2.24, 2.45) is 10.8 Å². The molecule has 12 aliphatic rings. The maximum absolute atomic E-state index is 5.42. The summed E-state index contributed by atoms with van der Waals surface area (Å²) in [5, 5.41) is 49.4. The van der Waals surface area contributed by atoms with Crippen molar-refractivity contribution in [3.8, 4) is 0 Å². The van der Waals surface area contributed by atoms with Crippen molar-refractivity contribution in [3.63, 3.8) is 0 Å². The van der Waals surface area contributed by atoms with Gasteiger partial charge in [-0.2, -0.15) is 0 Å². The molecule has 20 heteroatoms. The van der Waals surface area contributed by atoms with Crippen LogP contribution in [0.1, 0.15) is 74.1 Å². The zero-order valence-corrected chi connectivity index (χ0v) is 49.7. The Morgan fingerprint density at radius 1 is 0.387 bits per heavy atom. The van der Waals surface area contributed by atoms with Crippen molar-refractivity contribution < 1.29 is 14.2 Å². The topological polar surface area (TPSA) is 215 Å². The third-order valence-corrected chi connectivity index (χ3v) is 15.3. The number of rotatable bonds is 1. The second kappa shape index (κ2) is 44.9. The summed E-state index contributed by atoms with van der Waals surface area (Å²) in [4.78, 5) is 4.78. The Morgan fingerprint density at radius 3 is 1.01 bits per heavy atom. The van der Waals surface area contributed by atoms with Crippen LogP contribution in [0.5, 0.6) is 0 Å². The summed E-state index contributed by atoms with van der Waals surface area (Å²) in [5.41, 5.74) is 1.45. The molecule has 0 bridgehead atoms. The summed E-state index contributed by atoms with van der Waals surface area (Å²) in [6.07, 6.45) is 6.78. The highest BCUT2D eigenvalue weighted by molar-refractivity contribution is 4.96. The van der Waals surface area contributed by atoms with Gasteiger partial charge in [-0.05, 0) is 118 Å². The Labute approximate surface area is 460 Å². The highest BCUT2D eigenvalue weighted by Crippen LogP contribution is 2.32. The average molecular weight is 1070 g/mol. The SMILES string of the molecule is C1CC2(CCN1)CNC2.C1CC2(CCN1)CNC2.C1CNCCN1.C1COCCN1.CC1CNCCO1.CCN1CCNCC1.CN1CCNCC1.C[C@@H]1CNC[C@H](C)N1.C[C@@H]1CNC[C@H](C)O1.C[C@H]1CNCCN1. The molecule has 2 spiro atoms. The number of piperazine rings is 5. The van der Waals surface area contributed by atoms with Crippen LogP contribution >= 0.6 is 0 Å². The van der Waals surface area contributed by atoms with E-state index in [0.717, 1.165) is 142 Å². The van der Waals surface area contributed by atoms with Crippen LogP contribution in [0, 0.1) is 10.8 Å². The van der Waals surface area contributed by atoms with E-state index in [1.165, 1.54) is 124 Å². The van der Waals surface area contributed by atoms with E-state index in [4.69, 9.17) is 14.2 Å². The molecule has 0 amide bonds. The van der Waals surface area contributed by atoms with Crippen LogP contribution in [0.4, 0.5) is 0 Å². The van der Waals surface area contributed by atoms with Gasteiger partial charge in [-0.15, -0.1) is 0 Å². The fourth-order valence-corrected chi connectivity index (χ4v) is 10.1. The molecule has 0 radical (unpaired) electrons. The first kappa shape index (κ1) is 68.5. The number of hydrogen-bond acceptors (Lipinski definition) is 20. The van der Waals surface area contributed by atoms with Gasteiger partial charge in [-0.25, -0.2) is 0 Å². The molecule has 0 aromatic heterocycles. The van der Waals surface area contributed by atoms with Crippen molar-refractivity contribution in [1.82, 2.24) is 89.6 Å². The number of likely N-dealkylation sites (N-methyl/N-ethyl adjacent to an activating group) is 2.